The van der Waals surface area contributed by atoms with Crippen molar-refractivity contribution in [2.24, 2.45) is 0 Å². The van der Waals surface area contributed by atoms with Crippen molar-refractivity contribution in [3.05, 3.63) is 54.9 Å². The number of nitrogens with zero attached hydrogens (tertiary/aromatic N) is 1. The lowest BCUT2D eigenvalue weighted by atomic mass is 9.72. The third kappa shape index (κ3) is 5.14. The van der Waals surface area contributed by atoms with Crippen molar-refractivity contribution in [1.29, 1.82) is 0 Å². The molecule has 6 aliphatic rings. The van der Waals surface area contributed by atoms with E-state index in [2.05, 4.69) is 15.9 Å². The zero-order valence-corrected chi connectivity index (χ0v) is 29.1. The van der Waals surface area contributed by atoms with Gasteiger partial charge in [-0.3, -0.25) is 9.59 Å². The molecule has 0 spiro atoms. The summed E-state index contributed by atoms with van der Waals surface area (Å²) in [6.07, 6.45) is -8.78. The molecule has 0 amide bonds. The minimum Gasteiger partial charge on any atom is -0.507 e. The molecule has 3 aliphatic heterocycles. The molecule has 7 rings (SSSR count). The molecular weight excluding hydrogens is 706 g/mol. The number of ether oxygens (including phenoxy) is 4. The molecule has 1 aromatic carbocycles. The van der Waals surface area contributed by atoms with Gasteiger partial charge in [-0.2, -0.15) is 0 Å². The Balaban J connectivity index is 1.26. The predicted molar refractivity (Wildman–Crippen MR) is 176 cm³/mol. The molecule has 3 heterocycles. The molecule has 3 aliphatic carbocycles. The summed E-state index contributed by atoms with van der Waals surface area (Å²) in [6.45, 7) is 3.78. The van der Waals surface area contributed by atoms with Crippen LogP contribution in [0.4, 0.5) is 0 Å². The number of aliphatic hydroxyl groups excluding tert-OH is 5. The van der Waals surface area contributed by atoms with E-state index in [1.54, 1.807) is 0 Å². The van der Waals surface area contributed by atoms with E-state index in [4.69, 9.17) is 18.9 Å². The van der Waals surface area contributed by atoms with Crippen LogP contribution in [0.5, 0.6) is 17.2 Å². The number of hydrogen-bond donors (Lipinski definition) is 6. The third-order valence-electron chi connectivity index (χ3n) is 10.6. The lowest BCUT2D eigenvalue weighted by molar-refractivity contribution is -0.311. The van der Waals surface area contributed by atoms with Gasteiger partial charge in [0.05, 0.1) is 19.3 Å². The normalized spacial score (nSPS) is 32.8. The van der Waals surface area contributed by atoms with Gasteiger partial charge in [-0.25, -0.2) is 0 Å². The number of fused-ring (bicyclic) bond motifs is 3. The van der Waals surface area contributed by atoms with E-state index in [0.29, 0.717) is 26.8 Å². The second-order valence-electron chi connectivity index (χ2n) is 13.5. The van der Waals surface area contributed by atoms with Gasteiger partial charge >= 0.3 is 0 Å². The Labute approximate surface area is 290 Å². The number of carbonyl (C=O) groups is 2. The first-order valence-electron chi connectivity index (χ1n) is 16.5. The van der Waals surface area contributed by atoms with E-state index < -0.39 is 49.0 Å². The molecule has 0 radical (unpaired) electrons. The second-order valence-corrected chi connectivity index (χ2v) is 14.3. The molecule has 1 aromatic rings. The first-order chi connectivity index (χ1) is 23.3. The monoisotopic (exact) mass is 745 g/mol. The molecule has 4 unspecified atom stereocenters. The summed E-state index contributed by atoms with van der Waals surface area (Å²) in [5.41, 5.74) is 3.18. The number of aliphatic hydroxyl groups is 5. The number of ketones is 2. The van der Waals surface area contributed by atoms with Crippen LogP contribution in [0.3, 0.4) is 0 Å². The molecule has 1 fully saturated rings. The smallest absolute Gasteiger partial charge is 0.192 e. The number of phenols is 1. The van der Waals surface area contributed by atoms with E-state index in [0.717, 1.165) is 18.5 Å². The predicted octanol–water partition coefficient (Wildman–Crippen LogP) is 1.43. The molecule has 0 saturated carbocycles. The fourth-order valence-corrected chi connectivity index (χ4v) is 8.92. The van der Waals surface area contributed by atoms with E-state index in [1.165, 1.54) is 14.0 Å². The van der Waals surface area contributed by atoms with Gasteiger partial charge in [0, 0.05) is 81.2 Å². The maximum absolute atomic E-state index is 14.3. The summed E-state index contributed by atoms with van der Waals surface area (Å²) < 4.78 is 24.1. The SMILES string of the molecule is CCCC1=C(Br)C2=C(CN1C)C(=O)C1=C(CCc3c(OC)c4c(c(O)c31)CC1=C(O4)C(O)CC(OC3O[C@H](C)[C@@H](O)[C@H](O)[C@@H]3O)C1O)C2=O. The Kier molecular flexibility index (Phi) is 8.84. The molecule has 49 heavy (non-hydrogen) atoms. The molecule has 13 nitrogen and oxygen atoms in total. The fourth-order valence-electron chi connectivity index (χ4n) is 8.00. The highest BCUT2D eigenvalue weighted by Crippen LogP contribution is 2.56. The fraction of sp³-hybridized carbons (Fsp3) is 0.543. The molecule has 0 bridgehead atoms. The van der Waals surface area contributed by atoms with Gasteiger partial charge in [-0.05, 0) is 42.1 Å². The van der Waals surface area contributed by atoms with Crippen molar-refractivity contribution in [3.8, 4) is 17.2 Å². The summed E-state index contributed by atoms with van der Waals surface area (Å²) in [7, 11) is 3.31. The van der Waals surface area contributed by atoms with Gasteiger partial charge in [0.15, 0.2) is 29.4 Å². The van der Waals surface area contributed by atoms with Crippen LogP contribution in [0.25, 0.3) is 5.57 Å². The Morgan fingerprint density at radius 1 is 0.980 bits per heavy atom. The van der Waals surface area contributed by atoms with Crippen LogP contribution in [-0.2, 0) is 31.9 Å². The zero-order chi connectivity index (χ0) is 35.2. The van der Waals surface area contributed by atoms with Crippen molar-refractivity contribution in [3.63, 3.8) is 0 Å². The average Bonchev–Trinajstić information content (AvgIpc) is 3.08. The highest BCUT2D eigenvalue weighted by atomic mass is 79.9. The largest absolute Gasteiger partial charge is 0.507 e. The molecule has 6 N–H and O–H groups in total. The van der Waals surface area contributed by atoms with Gasteiger partial charge in [0.1, 0.15) is 42.0 Å². The topological polar surface area (TPSA) is 196 Å². The molecule has 8 atom stereocenters. The molecule has 264 valence electrons. The summed E-state index contributed by atoms with van der Waals surface area (Å²) in [6, 6.07) is 0. The van der Waals surface area contributed by atoms with E-state index in [-0.39, 0.29) is 89.1 Å². The maximum Gasteiger partial charge on any atom is 0.192 e. The average molecular weight is 747 g/mol. The number of phenolic OH excluding ortho intramolecular Hbond substituents is 1. The van der Waals surface area contributed by atoms with Crippen molar-refractivity contribution in [1.82, 2.24) is 4.90 Å². The van der Waals surface area contributed by atoms with Gasteiger partial charge in [0.25, 0.3) is 0 Å². The van der Waals surface area contributed by atoms with Crippen LogP contribution < -0.4 is 9.47 Å². The number of carbonyl (C=O) groups excluding carboxylic acids is 2. The Morgan fingerprint density at radius 2 is 1.69 bits per heavy atom. The highest BCUT2D eigenvalue weighted by molar-refractivity contribution is 9.12. The highest BCUT2D eigenvalue weighted by Gasteiger charge is 2.49. The van der Waals surface area contributed by atoms with Crippen molar-refractivity contribution >= 4 is 33.1 Å². The van der Waals surface area contributed by atoms with Gasteiger partial charge in [0.2, 0.25) is 0 Å². The van der Waals surface area contributed by atoms with Crippen LogP contribution >= 0.6 is 15.9 Å². The quantitative estimate of drug-likeness (QED) is 0.237. The number of allylic oxidation sites excluding steroid dienone is 5. The number of halogens is 1. The lowest BCUT2D eigenvalue weighted by Gasteiger charge is -2.43. The Bertz CT molecular complexity index is 1780. The number of benzene rings is 1. The van der Waals surface area contributed by atoms with Gasteiger partial charge in [-0.1, -0.05) is 13.3 Å². The van der Waals surface area contributed by atoms with Crippen LogP contribution in [0.1, 0.15) is 56.2 Å². The minimum atomic E-state index is -1.62. The molecule has 0 aromatic heterocycles. The number of likely N-dealkylation sites (N-methyl/N-ethyl adjacent to an activating group) is 1. The number of methoxy groups -OCH3 is 1. The van der Waals surface area contributed by atoms with E-state index in [9.17, 15) is 40.2 Å². The van der Waals surface area contributed by atoms with E-state index in [1.807, 2.05) is 18.9 Å². The Morgan fingerprint density at radius 3 is 2.39 bits per heavy atom. The zero-order valence-electron chi connectivity index (χ0n) is 27.5. The lowest BCUT2D eigenvalue weighted by Crippen LogP contribution is -2.59. The minimum absolute atomic E-state index is 0.0608. The summed E-state index contributed by atoms with van der Waals surface area (Å²) in [5, 5.41) is 65.4. The molecule has 14 heteroatoms. The first kappa shape index (κ1) is 34.4. The number of aromatic hydroxyl groups is 1. The summed E-state index contributed by atoms with van der Waals surface area (Å²) in [5.74, 6) is -0.439. The third-order valence-corrected chi connectivity index (χ3v) is 11.4. The van der Waals surface area contributed by atoms with Crippen LogP contribution in [0.2, 0.25) is 0 Å². The summed E-state index contributed by atoms with van der Waals surface area (Å²) in [4.78, 5) is 30.4. The van der Waals surface area contributed by atoms with E-state index >= 15 is 0 Å². The van der Waals surface area contributed by atoms with Crippen molar-refractivity contribution in [2.45, 2.75) is 101 Å². The van der Waals surface area contributed by atoms with Crippen LogP contribution in [0, 0.1) is 0 Å². The van der Waals surface area contributed by atoms with Crippen LogP contribution in [-0.4, -0.2) is 117 Å². The van der Waals surface area contributed by atoms with Gasteiger partial charge in [-0.15, -0.1) is 0 Å². The number of hydrogen-bond acceptors (Lipinski definition) is 13. The van der Waals surface area contributed by atoms with Crippen molar-refractivity contribution < 1.29 is 59.2 Å². The number of rotatable bonds is 5. The summed E-state index contributed by atoms with van der Waals surface area (Å²) >= 11 is 3.63. The Hall–Kier alpha value is -3.08. The van der Waals surface area contributed by atoms with Gasteiger partial charge < -0.3 is 54.5 Å². The van der Waals surface area contributed by atoms with Crippen LogP contribution in [0.15, 0.2) is 38.2 Å². The van der Waals surface area contributed by atoms with Crippen molar-refractivity contribution in [2.75, 3.05) is 20.7 Å². The molecule has 1 saturated heterocycles. The number of Topliss-reactive ketones (excluding diaryl/α,β-unsaturated/α-hetero) is 2. The first-order valence-corrected chi connectivity index (χ1v) is 17.3. The standard InChI is InChI=1S/C35H40BrNO12/c1-5-6-18-24(36)23-17(11-37(18)3)29(43)21-13(27(23)41)7-8-14-22(21)28(42)16-9-15-26(40)20(10-19(38)32(15)49-34(16)33(14)46-4)48-35-31(45)30(44)25(39)12(2)47-35/h12,19-20,25-26,30-31,35,38-40,42,44-45H,5-11H2,1-4H3/t12-,19?,20?,25-,26?,30+,31+,35?/m1/s1. The maximum atomic E-state index is 14.3. The second kappa shape index (κ2) is 12.6. The molecular formula is C35H40BrNO12.